The summed E-state index contributed by atoms with van der Waals surface area (Å²) in [4.78, 5) is 39.6. The molecule has 1 unspecified atom stereocenters. The molecule has 0 bridgehead atoms. The van der Waals surface area contributed by atoms with Crippen molar-refractivity contribution in [1.29, 1.82) is 0 Å². The molecule has 1 aromatic heterocycles. The lowest BCUT2D eigenvalue weighted by molar-refractivity contribution is -0.140. The van der Waals surface area contributed by atoms with Crippen molar-refractivity contribution in [2.75, 3.05) is 19.5 Å². The van der Waals surface area contributed by atoms with Gasteiger partial charge in [-0.05, 0) is 18.6 Å². The van der Waals surface area contributed by atoms with Gasteiger partial charge in [0.25, 0.3) is 5.56 Å². The first-order valence-corrected chi connectivity index (χ1v) is 11.0. The van der Waals surface area contributed by atoms with Gasteiger partial charge in [0.1, 0.15) is 12.4 Å². The SMILES string of the molecule is COc1cccc(C2C(C(=O)OCc3ccccc3)=C(C)Nc3c2c(=O)n(C)c(=O)n3C)c1OC. The van der Waals surface area contributed by atoms with Crippen molar-refractivity contribution in [2.24, 2.45) is 14.1 Å². The second kappa shape index (κ2) is 9.54. The third-order valence-corrected chi connectivity index (χ3v) is 6.16. The number of carbonyl (C=O) groups is 1. The predicted molar refractivity (Wildman–Crippen MR) is 131 cm³/mol. The van der Waals surface area contributed by atoms with Gasteiger partial charge in [0, 0.05) is 25.4 Å². The van der Waals surface area contributed by atoms with Gasteiger partial charge < -0.3 is 19.5 Å². The second-order valence-electron chi connectivity index (χ2n) is 8.21. The van der Waals surface area contributed by atoms with Crippen LogP contribution in [0.3, 0.4) is 0 Å². The van der Waals surface area contributed by atoms with Crippen LogP contribution in [0.2, 0.25) is 0 Å². The average Bonchev–Trinajstić information content (AvgIpc) is 2.88. The Morgan fingerprint density at radius 3 is 2.34 bits per heavy atom. The highest BCUT2D eigenvalue weighted by Crippen LogP contribution is 2.45. The van der Waals surface area contributed by atoms with E-state index in [2.05, 4.69) is 5.32 Å². The first-order valence-electron chi connectivity index (χ1n) is 11.0. The van der Waals surface area contributed by atoms with E-state index in [-0.39, 0.29) is 17.7 Å². The zero-order chi connectivity index (χ0) is 25.3. The number of methoxy groups -OCH3 is 2. The minimum Gasteiger partial charge on any atom is -0.493 e. The molecule has 9 nitrogen and oxygen atoms in total. The molecule has 0 aliphatic carbocycles. The Bertz CT molecular complexity index is 1440. The molecule has 2 aromatic carbocycles. The molecule has 4 rings (SSSR count). The minimum atomic E-state index is -0.870. The third-order valence-electron chi connectivity index (χ3n) is 6.16. The maximum Gasteiger partial charge on any atom is 0.337 e. The number of aromatic nitrogens is 2. The number of nitrogens with one attached hydrogen (secondary N) is 1. The van der Waals surface area contributed by atoms with E-state index in [9.17, 15) is 14.4 Å². The molecule has 1 aliphatic rings. The van der Waals surface area contributed by atoms with Crippen LogP contribution in [0.5, 0.6) is 11.5 Å². The molecule has 1 aliphatic heterocycles. The van der Waals surface area contributed by atoms with E-state index in [1.54, 1.807) is 32.2 Å². The van der Waals surface area contributed by atoms with Crippen LogP contribution in [0, 0.1) is 0 Å². The highest BCUT2D eigenvalue weighted by Gasteiger charge is 2.39. The lowest BCUT2D eigenvalue weighted by Crippen LogP contribution is -2.43. The molecule has 0 saturated carbocycles. The standard InChI is InChI=1S/C26H27N3O6/c1-15-19(25(31)35-14-16-10-7-6-8-11-16)20(17-12-9-13-18(33-4)22(17)34-5)21-23(27-15)28(2)26(32)29(3)24(21)30/h6-13,20,27H,14H2,1-5H3. The fourth-order valence-electron chi connectivity index (χ4n) is 4.41. The Morgan fingerprint density at radius 1 is 0.971 bits per heavy atom. The highest BCUT2D eigenvalue weighted by atomic mass is 16.5. The molecule has 1 atom stereocenters. The first-order chi connectivity index (χ1) is 16.8. The van der Waals surface area contributed by atoms with Crippen molar-refractivity contribution in [3.8, 4) is 11.5 Å². The number of anilines is 1. The Balaban J connectivity index is 1.94. The van der Waals surface area contributed by atoms with Gasteiger partial charge in [-0.1, -0.05) is 42.5 Å². The second-order valence-corrected chi connectivity index (χ2v) is 8.21. The number of esters is 1. The van der Waals surface area contributed by atoms with Gasteiger partial charge in [0.15, 0.2) is 11.5 Å². The third kappa shape index (κ3) is 4.09. The summed E-state index contributed by atoms with van der Waals surface area (Å²) in [6.07, 6.45) is 0. The van der Waals surface area contributed by atoms with Crippen LogP contribution < -0.4 is 26.0 Å². The molecule has 182 valence electrons. The summed E-state index contributed by atoms with van der Waals surface area (Å²) in [6.45, 7) is 1.78. The summed E-state index contributed by atoms with van der Waals surface area (Å²) in [6, 6.07) is 14.6. The van der Waals surface area contributed by atoms with Crippen molar-refractivity contribution in [3.05, 3.63) is 97.3 Å². The molecular weight excluding hydrogens is 450 g/mol. The largest absolute Gasteiger partial charge is 0.493 e. The molecule has 0 fully saturated rings. The van der Waals surface area contributed by atoms with E-state index < -0.39 is 23.1 Å². The lowest BCUT2D eigenvalue weighted by atomic mass is 9.81. The number of benzene rings is 2. The molecular formula is C26H27N3O6. The molecule has 3 aromatic rings. The zero-order valence-corrected chi connectivity index (χ0v) is 20.2. The smallest absolute Gasteiger partial charge is 0.337 e. The molecule has 0 amide bonds. The monoisotopic (exact) mass is 477 g/mol. The Kier molecular flexibility index (Phi) is 6.50. The van der Waals surface area contributed by atoms with E-state index >= 15 is 0 Å². The summed E-state index contributed by atoms with van der Waals surface area (Å²) >= 11 is 0. The van der Waals surface area contributed by atoms with Crippen LogP contribution in [0.15, 0.2) is 69.4 Å². The maximum atomic E-state index is 13.5. The van der Waals surface area contributed by atoms with Gasteiger partial charge >= 0.3 is 11.7 Å². The summed E-state index contributed by atoms with van der Waals surface area (Å²) in [5.74, 6) is -0.322. The average molecular weight is 478 g/mol. The van der Waals surface area contributed by atoms with Crippen LogP contribution in [-0.2, 0) is 30.2 Å². The molecule has 0 radical (unpaired) electrons. The Labute approximate surface area is 202 Å². The number of hydrogen-bond acceptors (Lipinski definition) is 7. The summed E-state index contributed by atoms with van der Waals surface area (Å²) in [5.41, 5.74) is 1.31. The number of nitrogens with zero attached hydrogens (tertiary/aromatic N) is 2. The van der Waals surface area contributed by atoms with Crippen LogP contribution in [0.1, 0.15) is 29.5 Å². The van der Waals surface area contributed by atoms with E-state index in [4.69, 9.17) is 14.2 Å². The molecule has 0 spiro atoms. The molecule has 9 heteroatoms. The van der Waals surface area contributed by atoms with Gasteiger partial charge in [-0.15, -0.1) is 0 Å². The fraction of sp³-hybridized carbons (Fsp3) is 0.269. The Morgan fingerprint density at radius 2 is 1.69 bits per heavy atom. The number of allylic oxidation sites excluding steroid dienone is 1. The number of para-hydroxylation sites is 1. The van der Waals surface area contributed by atoms with Crippen LogP contribution in [0.25, 0.3) is 0 Å². The van der Waals surface area contributed by atoms with Crippen molar-refractivity contribution in [1.82, 2.24) is 9.13 Å². The van der Waals surface area contributed by atoms with Crippen molar-refractivity contribution in [3.63, 3.8) is 0 Å². The van der Waals surface area contributed by atoms with Crippen LogP contribution >= 0.6 is 0 Å². The van der Waals surface area contributed by atoms with Gasteiger partial charge in [-0.2, -0.15) is 0 Å². The summed E-state index contributed by atoms with van der Waals surface area (Å²) < 4.78 is 19.2. The number of rotatable bonds is 6. The number of carbonyl (C=O) groups excluding carboxylic acids is 1. The fourth-order valence-corrected chi connectivity index (χ4v) is 4.41. The predicted octanol–water partition coefficient (Wildman–Crippen LogP) is 2.68. The van der Waals surface area contributed by atoms with Gasteiger partial charge in [0.2, 0.25) is 0 Å². The normalized spacial score (nSPS) is 14.7. The van der Waals surface area contributed by atoms with Gasteiger partial charge in [-0.25, -0.2) is 9.59 Å². The summed E-state index contributed by atoms with van der Waals surface area (Å²) in [7, 11) is 5.98. The van der Waals surface area contributed by atoms with Crippen molar-refractivity contribution < 1.29 is 19.0 Å². The van der Waals surface area contributed by atoms with Crippen LogP contribution in [0.4, 0.5) is 5.82 Å². The molecule has 35 heavy (non-hydrogen) atoms. The minimum absolute atomic E-state index is 0.0660. The molecule has 1 N–H and O–H groups in total. The van der Waals surface area contributed by atoms with E-state index in [0.717, 1.165) is 10.1 Å². The molecule has 2 heterocycles. The van der Waals surface area contributed by atoms with E-state index in [1.807, 2.05) is 30.3 Å². The first kappa shape index (κ1) is 23.9. The van der Waals surface area contributed by atoms with Crippen molar-refractivity contribution in [2.45, 2.75) is 19.4 Å². The zero-order valence-electron chi connectivity index (χ0n) is 20.2. The maximum absolute atomic E-state index is 13.5. The van der Waals surface area contributed by atoms with E-state index in [0.29, 0.717) is 28.6 Å². The summed E-state index contributed by atoms with van der Waals surface area (Å²) in [5, 5.41) is 3.09. The topological polar surface area (TPSA) is 101 Å². The van der Waals surface area contributed by atoms with Crippen LogP contribution in [-0.4, -0.2) is 29.3 Å². The van der Waals surface area contributed by atoms with Gasteiger partial charge in [0.05, 0.1) is 31.3 Å². The highest BCUT2D eigenvalue weighted by molar-refractivity contribution is 5.94. The van der Waals surface area contributed by atoms with E-state index in [1.165, 1.54) is 25.8 Å². The number of ether oxygens (including phenoxy) is 3. The Hall–Kier alpha value is -4.27. The lowest BCUT2D eigenvalue weighted by Gasteiger charge is -2.31. The molecule has 0 saturated heterocycles. The number of fused-ring (bicyclic) bond motifs is 1. The van der Waals surface area contributed by atoms with Gasteiger partial charge in [-0.3, -0.25) is 13.9 Å². The quantitative estimate of drug-likeness (QED) is 0.545. The van der Waals surface area contributed by atoms with Crippen molar-refractivity contribution >= 4 is 11.8 Å². The number of hydrogen-bond donors (Lipinski definition) is 1.